The van der Waals surface area contributed by atoms with Crippen LogP contribution in [0.5, 0.6) is 0 Å². The first kappa shape index (κ1) is 31.4. The minimum atomic E-state index is 0.0764. The van der Waals surface area contributed by atoms with Gasteiger partial charge >= 0.3 is 0 Å². The summed E-state index contributed by atoms with van der Waals surface area (Å²) in [7, 11) is 0. The Balaban J connectivity index is 1.63. The third-order valence-electron chi connectivity index (χ3n) is 5.48. The summed E-state index contributed by atoms with van der Waals surface area (Å²) >= 11 is 15.1. The highest BCUT2D eigenvalue weighted by molar-refractivity contribution is 8.23. The van der Waals surface area contributed by atoms with E-state index in [9.17, 15) is 9.59 Å². The summed E-state index contributed by atoms with van der Waals surface area (Å²) in [6.07, 6.45) is 2.84. The normalized spacial score (nSPS) is 25.4. The largest absolute Gasteiger partial charge is 0.282 e. The topological polar surface area (TPSA) is 34.1 Å². The molecule has 0 bridgehead atoms. The molecule has 0 N–H and O–H groups in total. The lowest BCUT2D eigenvalue weighted by Gasteiger charge is -2.25. The van der Waals surface area contributed by atoms with Crippen LogP contribution in [0.4, 0.5) is 0 Å². The highest BCUT2D eigenvalue weighted by atomic mass is 32.2. The first-order chi connectivity index (χ1) is 17.5. The molecular weight excluding hydrogens is 601 g/mol. The average Bonchev–Trinajstić information content (AvgIpc) is 3.57. The maximum Gasteiger partial charge on any atom is 0.211 e. The van der Waals surface area contributed by atoms with Crippen molar-refractivity contribution in [1.29, 1.82) is 0 Å². The molecule has 1 aromatic rings. The molecule has 2 aliphatic rings. The molecule has 10 heteroatoms. The fourth-order valence-corrected chi connectivity index (χ4v) is 16.0. The van der Waals surface area contributed by atoms with Crippen molar-refractivity contribution < 1.29 is 9.59 Å². The van der Waals surface area contributed by atoms with Crippen LogP contribution in [-0.2, 0) is 9.59 Å². The van der Waals surface area contributed by atoms with Crippen molar-refractivity contribution in [3.05, 3.63) is 60.7 Å². The molecule has 36 heavy (non-hydrogen) atoms. The Kier molecular flexibility index (Phi) is 14.7. The van der Waals surface area contributed by atoms with E-state index in [1.807, 2.05) is 70.6 Å². The molecule has 2 nitrogen and oxygen atoms in total. The van der Waals surface area contributed by atoms with Gasteiger partial charge in [-0.05, 0) is 34.8 Å². The maximum absolute atomic E-state index is 11.6. The summed E-state index contributed by atoms with van der Waals surface area (Å²) in [5.41, 5.74) is 2.82. The molecule has 6 atom stereocenters. The number of benzene rings is 1. The fraction of sp³-hybridized carbons (Fsp3) is 0.538. The van der Waals surface area contributed by atoms with E-state index in [1.165, 1.54) is 46.8 Å². The van der Waals surface area contributed by atoms with Gasteiger partial charge in [-0.2, -0.15) is 23.5 Å². The molecule has 2 saturated heterocycles. The van der Waals surface area contributed by atoms with E-state index < -0.39 is 0 Å². The molecule has 2 aliphatic heterocycles. The minimum Gasteiger partial charge on any atom is -0.282 e. The van der Waals surface area contributed by atoms with E-state index in [4.69, 9.17) is 0 Å². The van der Waals surface area contributed by atoms with Crippen molar-refractivity contribution in [3.63, 3.8) is 0 Å². The van der Waals surface area contributed by atoms with Gasteiger partial charge in [-0.3, -0.25) is 9.59 Å². The van der Waals surface area contributed by atoms with E-state index in [-0.39, 0.29) is 10.2 Å². The number of thioether (sulfide) groups is 8. The second-order valence-electron chi connectivity index (χ2n) is 8.01. The second-order valence-corrected chi connectivity index (χ2v) is 18.7. The molecule has 0 aromatic heterocycles. The van der Waals surface area contributed by atoms with Crippen molar-refractivity contribution in [2.24, 2.45) is 0 Å². The smallest absolute Gasteiger partial charge is 0.211 e. The molecule has 6 unspecified atom stereocenters. The molecular formula is C26H34O2S8. The standard InChI is InChI=1S/C26H34O2S8/c1-5-21(27)31-13-19-15-33-25(35-19)23(29-7-3)17-9-11-18(12-10-17)24(30-8-4)26-34-16-20(36-26)14-32-22(28)6-2/h5-6,9-12,19-20,23-26H,1-2,7-8,13-16H2,3-4H3. The lowest BCUT2D eigenvalue weighted by atomic mass is 10.1. The van der Waals surface area contributed by atoms with Gasteiger partial charge in [0, 0.05) is 33.5 Å². The van der Waals surface area contributed by atoms with Gasteiger partial charge in [-0.1, -0.05) is 74.8 Å². The number of hydrogen-bond acceptors (Lipinski definition) is 10. The van der Waals surface area contributed by atoms with Crippen LogP contribution in [0.25, 0.3) is 0 Å². The first-order valence-electron chi connectivity index (χ1n) is 11.9. The number of hydrogen-bond donors (Lipinski definition) is 0. The highest BCUT2D eigenvalue weighted by Crippen LogP contribution is 2.53. The van der Waals surface area contributed by atoms with Crippen LogP contribution < -0.4 is 0 Å². The molecule has 0 aliphatic carbocycles. The van der Waals surface area contributed by atoms with Crippen LogP contribution in [-0.4, -0.2) is 64.4 Å². The van der Waals surface area contributed by atoms with E-state index in [1.54, 1.807) is 0 Å². The van der Waals surface area contributed by atoms with Crippen LogP contribution >= 0.6 is 94.1 Å². The third-order valence-corrected chi connectivity index (χ3v) is 17.9. The lowest BCUT2D eigenvalue weighted by Crippen LogP contribution is -2.11. The molecule has 0 spiro atoms. The Morgan fingerprint density at radius 1 is 0.833 bits per heavy atom. The van der Waals surface area contributed by atoms with Gasteiger partial charge < -0.3 is 0 Å². The Labute approximate surface area is 251 Å². The zero-order valence-electron chi connectivity index (χ0n) is 20.7. The summed E-state index contributed by atoms with van der Waals surface area (Å²) in [6.45, 7) is 11.7. The molecule has 198 valence electrons. The van der Waals surface area contributed by atoms with Gasteiger partial charge in [0.1, 0.15) is 0 Å². The van der Waals surface area contributed by atoms with Crippen LogP contribution in [0.3, 0.4) is 0 Å². The average molecular weight is 635 g/mol. The molecule has 0 radical (unpaired) electrons. The Morgan fingerprint density at radius 2 is 1.22 bits per heavy atom. The molecule has 2 fully saturated rings. The van der Waals surface area contributed by atoms with Crippen molar-refractivity contribution in [1.82, 2.24) is 0 Å². The fourth-order valence-electron chi connectivity index (χ4n) is 3.80. The Morgan fingerprint density at radius 3 is 1.56 bits per heavy atom. The molecule has 0 saturated carbocycles. The first-order valence-corrected chi connectivity index (χ1v) is 20.0. The summed E-state index contributed by atoms with van der Waals surface area (Å²) in [5.74, 6) is 6.14. The van der Waals surface area contributed by atoms with Gasteiger partial charge in [0.25, 0.3) is 0 Å². The molecule has 3 rings (SSSR count). The minimum absolute atomic E-state index is 0.0764. The van der Waals surface area contributed by atoms with E-state index >= 15 is 0 Å². The summed E-state index contributed by atoms with van der Waals surface area (Å²) in [6, 6.07) is 9.43. The zero-order valence-corrected chi connectivity index (χ0v) is 27.2. The summed E-state index contributed by atoms with van der Waals surface area (Å²) < 4.78 is 1.03. The third kappa shape index (κ3) is 9.49. The number of rotatable bonds is 14. The lowest BCUT2D eigenvalue weighted by molar-refractivity contribution is -0.107. The predicted octanol–water partition coefficient (Wildman–Crippen LogP) is 8.52. The Bertz CT molecular complexity index is 806. The van der Waals surface area contributed by atoms with Gasteiger partial charge in [0.15, 0.2) is 0 Å². The van der Waals surface area contributed by atoms with Crippen LogP contribution in [0.15, 0.2) is 49.6 Å². The van der Waals surface area contributed by atoms with Crippen molar-refractivity contribution >= 4 is 104 Å². The number of carbonyl (C=O) groups excluding carboxylic acids is 2. The van der Waals surface area contributed by atoms with Crippen LogP contribution in [0.2, 0.25) is 0 Å². The second kappa shape index (κ2) is 16.8. The van der Waals surface area contributed by atoms with E-state index in [0.717, 1.165) is 34.5 Å². The van der Waals surface area contributed by atoms with Crippen LogP contribution in [0.1, 0.15) is 35.5 Å². The summed E-state index contributed by atoms with van der Waals surface area (Å²) in [5, 5.41) is 2.10. The molecule has 0 amide bonds. The monoisotopic (exact) mass is 634 g/mol. The van der Waals surface area contributed by atoms with Crippen molar-refractivity contribution in [3.8, 4) is 0 Å². The van der Waals surface area contributed by atoms with Crippen LogP contribution in [0, 0.1) is 0 Å². The zero-order chi connectivity index (χ0) is 25.9. The maximum atomic E-state index is 11.6. The molecule has 1 aromatic carbocycles. The van der Waals surface area contributed by atoms with Gasteiger partial charge in [-0.25, -0.2) is 0 Å². The van der Waals surface area contributed by atoms with E-state index in [2.05, 4.69) is 51.3 Å². The quantitative estimate of drug-likeness (QED) is 0.186. The van der Waals surface area contributed by atoms with E-state index in [0.29, 0.717) is 30.2 Å². The SMILES string of the molecule is C=CC(=O)SCC1CSC(C(SCC)c2ccc(C(SCC)C3SCC(CSC(=O)C=C)S3)cc2)S1. The molecule has 2 heterocycles. The van der Waals surface area contributed by atoms with Gasteiger partial charge in [-0.15, -0.1) is 47.0 Å². The summed E-state index contributed by atoms with van der Waals surface area (Å²) in [4.78, 5) is 23.3. The number of carbonyl (C=O) groups is 2. The Hall–Kier alpha value is 0.840. The van der Waals surface area contributed by atoms with Gasteiger partial charge in [0.05, 0.1) is 19.7 Å². The highest BCUT2D eigenvalue weighted by Gasteiger charge is 2.35. The van der Waals surface area contributed by atoms with Gasteiger partial charge in [0.2, 0.25) is 10.2 Å². The van der Waals surface area contributed by atoms with Crippen molar-refractivity contribution in [2.45, 2.75) is 44.0 Å². The predicted molar refractivity (Wildman–Crippen MR) is 179 cm³/mol. The van der Waals surface area contributed by atoms with Crippen molar-refractivity contribution in [2.75, 3.05) is 34.5 Å².